The molecule has 0 atom stereocenters. The zero-order valence-electron chi connectivity index (χ0n) is 16.7. The van der Waals surface area contributed by atoms with Gasteiger partial charge in [0.1, 0.15) is 12.1 Å². The number of nitrogens with zero attached hydrogens (tertiary/aromatic N) is 3. The number of alkyl halides is 3. The highest BCUT2D eigenvalue weighted by molar-refractivity contribution is 6.30. The van der Waals surface area contributed by atoms with Crippen LogP contribution in [0.15, 0.2) is 36.5 Å². The first kappa shape index (κ1) is 22.5. The van der Waals surface area contributed by atoms with Gasteiger partial charge in [-0.2, -0.15) is 13.2 Å². The SMILES string of the molecule is O=C1CN(c2ncc(Cl)cc2F)C(=O)C2(CCOCC2)N1Cc1ccc(C(F)(F)F)cc1. The molecule has 1 aromatic heterocycles. The van der Waals surface area contributed by atoms with Crippen molar-refractivity contribution in [2.24, 2.45) is 0 Å². The smallest absolute Gasteiger partial charge is 0.381 e. The van der Waals surface area contributed by atoms with Crippen LogP contribution in [-0.4, -0.2) is 47.0 Å². The van der Waals surface area contributed by atoms with Gasteiger partial charge in [-0.05, 0) is 23.8 Å². The van der Waals surface area contributed by atoms with Crippen LogP contribution in [0.1, 0.15) is 24.0 Å². The van der Waals surface area contributed by atoms with Crippen LogP contribution in [0.25, 0.3) is 0 Å². The summed E-state index contributed by atoms with van der Waals surface area (Å²) in [5.41, 5.74) is -1.68. The van der Waals surface area contributed by atoms with E-state index in [9.17, 15) is 27.2 Å². The molecule has 2 saturated heterocycles. The predicted octanol–water partition coefficient (Wildman–Crippen LogP) is 3.82. The summed E-state index contributed by atoms with van der Waals surface area (Å²) in [4.78, 5) is 33.0. The van der Waals surface area contributed by atoms with Crippen molar-refractivity contribution in [3.8, 4) is 0 Å². The number of aromatic nitrogens is 1. The number of hydrogen-bond acceptors (Lipinski definition) is 4. The van der Waals surface area contributed by atoms with Crippen LogP contribution in [0.5, 0.6) is 0 Å². The highest BCUT2D eigenvalue weighted by Crippen LogP contribution is 2.37. The number of ether oxygens (including phenoxy) is 1. The molecule has 0 radical (unpaired) electrons. The van der Waals surface area contributed by atoms with Gasteiger partial charge in [0.25, 0.3) is 5.91 Å². The molecule has 3 heterocycles. The van der Waals surface area contributed by atoms with Crippen molar-refractivity contribution in [1.82, 2.24) is 9.88 Å². The van der Waals surface area contributed by atoms with Gasteiger partial charge < -0.3 is 9.64 Å². The molecule has 0 unspecified atom stereocenters. The van der Waals surface area contributed by atoms with Crippen LogP contribution in [-0.2, 0) is 27.0 Å². The summed E-state index contributed by atoms with van der Waals surface area (Å²) in [7, 11) is 0. The average Bonchev–Trinajstić information content (AvgIpc) is 2.75. The third-order valence-electron chi connectivity index (χ3n) is 5.74. The van der Waals surface area contributed by atoms with Crippen LogP contribution in [0.2, 0.25) is 5.02 Å². The second kappa shape index (κ2) is 8.32. The van der Waals surface area contributed by atoms with Crippen LogP contribution >= 0.6 is 11.6 Å². The van der Waals surface area contributed by atoms with Crippen molar-refractivity contribution in [1.29, 1.82) is 0 Å². The Morgan fingerprint density at radius 2 is 1.78 bits per heavy atom. The van der Waals surface area contributed by atoms with Crippen LogP contribution in [0.3, 0.4) is 0 Å². The number of carbonyl (C=O) groups is 2. The van der Waals surface area contributed by atoms with Gasteiger partial charge in [0.2, 0.25) is 5.91 Å². The number of amides is 2. The Morgan fingerprint density at radius 1 is 1.12 bits per heavy atom. The van der Waals surface area contributed by atoms with E-state index in [1.165, 1.54) is 23.2 Å². The number of pyridine rings is 1. The fraction of sp³-hybridized carbons (Fsp3) is 0.381. The van der Waals surface area contributed by atoms with Crippen molar-refractivity contribution < 1.29 is 31.9 Å². The summed E-state index contributed by atoms with van der Waals surface area (Å²) in [5.74, 6) is -2.12. The lowest BCUT2D eigenvalue weighted by molar-refractivity contribution is -0.158. The number of piperazine rings is 1. The Morgan fingerprint density at radius 3 is 2.38 bits per heavy atom. The molecule has 1 spiro atoms. The molecule has 0 N–H and O–H groups in total. The summed E-state index contributed by atoms with van der Waals surface area (Å²) in [5, 5.41) is 0.0479. The van der Waals surface area contributed by atoms with Gasteiger partial charge in [-0.25, -0.2) is 9.37 Å². The van der Waals surface area contributed by atoms with E-state index >= 15 is 0 Å². The zero-order valence-corrected chi connectivity index (χ0v) is 17.4. The number of hydrogen-bond donors (Lipinski definition) is 0. The Hall–Kier alpha value is -2.72. The lowest BCUT2D eigenvalue weighted by Gasteiger charge is -2.50. The molecule has 6 nitrogen and oxygen atoms in total. The van der Waals surface area contributed by atoms with Gasteiger partial charge in [-0.3, -0.25) is 14.5 Å². The zero-order chi connectivity index (χ0) is 23.1. The molecule has 0 bridgehead atoms. The number of benzene rings is 1. The molecule has 170 valence electrons. The maximum absolute atomic E-state index is 14.5. The second-order valence-electron chi connectivity index (χ2n) is 7.67. The number of anilines is 1. The standard InChI is InChI=1S/C21H18ClF4N3O3/c22-15-9-16(23)18(27-10-15)28-12-17(30)29(20(19(28)31)5-7-32-8-6-20)11-13-1-3-14(4-2-13)21(24,25)26/h1-4,9-10H,5-8,11-12H2. The average molecular weight is 472 g/mol. The van der Waals surface area contributed by atoms with Crippen molar-refractivity contribution >= 4 is 29.2 Å². The fourth-order valence-electron chi connectivity index (χ4n) is 4.09. The molecule has 2 aliphatic rings. The lowest BCUT2D eigenvalue weighted by Crippen LogP contribution is -2.69. The maximum Gasteiger partial charge on any atom is 0.416 e. The Labute approximate surface area is 185 Å². The monoisotopic (exact) mass is 471 g/mol. The van der Waals surface area contributed by atoms with E-state index in [4.69, 9.17) is 16.3 Å². The first-order valence-electron chi connectivity index (χ1n) is 9.79. The Bertz CT molecular complexity index is 1040. The molecule has 4 rings (SSSR count). The minimum Gasteiger partial charge on any atom is -0.381 e. The summed E-state index contributed by atoms with van der Waals surface area (Å²) in [6, 6.07) is 5.43. The number of halogens is 5. The van der Waals surface area contributed by atoms with Crippen molar-refractivity contribution in [2.75, 3.05) is 24.7 Å². The third-order valence-corrected chi connectivity index (χ3v) is 5.95. The predicted molar refractivity (Wildman–Crippen MR) is 106 cm³/mol. The maximum atomic E-state index is 14.5. The molecule has 2 aromatic rings. The molecule has 0 saturated carbocycles. The molecular formula is C21H18ClF4N3O3. The van der Waals surface area contributed by atoms with E-state index in [0.717, 1.165) is 23.1 Å². The first-order chi connectivity index (χ1) is 15.1. The molecule has 32 heavy (non-hydrogen) atoms. The Balaban J connectivity index is 1.67. The van der Waals surface area contributed by atoms with E-state index in [-0.39, 0.29) is 43.4 Å². The number of rotatable bonds is 3. The van der Waals surface area contributed by atoms with E-state index < -0.39 is 41.5 Å². The summed E-state index contributed by atoms with van der Waals surface area (Å²) in [6.45, 7) is -0.111. The lowest BCUT2D eigenvalue weighted by atomic mass is 9.83. The van der Waals surface area contributed by atoms with Gasteiger partial charge in [0.15, 0.2) is 11.6 Å². The summed E-state index contributed by atoms with van der Waals surface area (Å²) < 4.78 is 58.5. The second-order valence-corrected chi connectivity index (χ2v) is 8.11. The molecule has 0 aliphatic carbocycles. The topological polar surface area (TPSA) is 62.7 Å². The molecule has 2 amide bonds. The largest absolute Gasteiger partial charge is 0.416 e. The summed E-state index contributed by atoms with van der Waals surface area (Å²) in [6.07, 6.45) is -2.95. The minimum absolute atomic E-state index is 0.0479. The number of carbonyl (C=O) groups excluding carboxylic acids is 2. The molecule has 2 aliphatic heterocycles. The highest BCUT2D eigenvalue weighted by Gasteiger charge is 2.54. The van der Waals surface area contributed by atoms with Gasteiger partial charge >= 0.3 is 6.18 Å². The summed E-state index contributed by atoms with van der Waals surface area (Å²) >= 11 is 5.75. The fourth-order valence-corrected chi connectivity index (χ4v) is 4.23. The third kappa shape index (κ3) is 4.04. The first-order valence-corrected chi connectivity index (χ1v) is 10.2. The van der Waals surface area contributed by atoms with E-state index in [1.807, 2.05) is 0 Å². The van der Waals surface area contributed by atoms with E-state index in [0.29, 0.717) is 5.56 Å². The minimum atomic E-state index is -4.48. The van der Waals surface area contributed by atoms with E-state index in [1.54, 1.807) is 0 Å². The van der Waals surface area contributed by atoms with Gasteiger partial charge in [0.05, 0.1) is 10.6 Å². The molecule has 11 heteroatoms. The van der Waals surface area contributed by atoms with Crippen LogP contribution in [0.4, 0.5) is 23.4 Å². The quantitative estimate of drug-likeness (QED) is 0.639. The van der Waals surface area contributed by atoms with Crippen molar-refractivity contribution in [3.05, 3.63) is 58.5 Å². The molecule has 2 fully saturated rings. The Kier molecular flexibility index (Phi) is 5.85. The van der Waals surface area contributed by atoms with Crippen molar-refractivity contribution in [2.45, 2.75) is 31.1 Å². The van der Waals surface area contributed by atoms with Crippen LogP contribution < -0.4 is 4.90 Å². The van der Waals surface area contributed by atoms with Gasteiger partial charge in [0, 0.05) is 38.8 Å². The molecular weight excluding hydrogens is 454 g/mol. The van der Waals surface area contributed by atoms with Gasteiger partial charge in [-0.15, -0.1) is 0 Å². The highest BCUT2D eigenvalue weighted by atomic mass is 35.5. The van der Waals surface area contributed by atoms with Gasteiger partial charge in [-0.1, -0.05) is 23.7 Å². The van der Waals surface area contributed by atoms with Crippen LogP contribution in [0, 0.1) is 5.82 Å². The molecule has 1 aromatic carbocycles. The van der Waals surface area contributed by atoms with E-state index in [2.05, 4.69) is 4.98 Å². The van der Waals surface area contributed by atoms with Crippen molar-refractivity contribution in [3.63, 3.8) is 0 Å². The normalized spacial score (nSPS) is 19.0.